The molecule has 0 aromatic carbocycles. The molecule has 4 heterocycles. The Hall–Kier alpha value is -1.95. The van der Waals surface area contributed by atoms with Gasteiger partial charge in [-0.2, -0.15) is 9.97 Å². The molecule has 0 spiro atoms. The molecule has 2 aliphatic heterocycles. The number of pyridine rings is 1. The van der Waals surface area contributed by atoms with Crippen LogP contribution in [-0.4, -0.2) is 53.8 Å². The summed E-state index contributed by atoms with van der Waals surface area (Å²) in [4.78, 5) is 18.8. The minimum atomic E-state index is 0.488. The smallest absolute Gasteiger partial charge is 0.229 e. The number of morpholine rings is 1. The fraction of sp³-hybridized carbons (Fsp3) is 0.588. The molecule has 0 aliphatic carbocycles. The fourth-order valence-electron chi connectivity index (χ4n) is 3.48. The van der Waals surface area contributed by atoms with Gasteiger partial charge in [0.2, 0.25) is 5.95 Å². The number of hydrogen-bond donors (Lipinski definition) is 0. The molecule has 0 unspecified atom stereocenters. The van der Waals surface area contributed by atoms with Gasteiger partial charge in [-0.15, -0.1) is 0 Å². The average Bonchev–Trinajstić information content (AvgIpc) is 2.62. The van der Waals surface area contributed by atoms with Gasteiger partial charge in [-0.25, -0.2) is 4.98 Å². The highest BCUT2D eigenvalue weighted by molar-refractivity contribution is 5.88. The van der Waals surface area contributed by atoms with Gasteiger partial charge < -0.3 is 14.5 Å². The Morgan fingerprint density at radius 2 is 2.00 bits per heavy atom. The molecule has 6 nitrogen and oxygen atoms in total. The number of fused-ring (bicyclic) bond motifs is 1. The van der Waals surface area contributed by atoms with Gasteiger partial charge in [0.25, 0.3) is 0 Å². The number of piperidine rings is 1. The van der Waals surface area contributed by atoms with Crippen LogP contribution in [-0.2, 0) is 4.74 Å². The lowest BCUT2D eigenvalue weighted by atomic mass is 10.0. The molecule has 2 saturated heterocycles. The van der Waals surface area contributed by atoms with Gasteiger partial charge in [0.1, 0.15) is 5.82 Å². The first kappa shape index (κ1) is 14.6. The molecule has 6 heteroatoms. The SMILES string of the molecule is C[C@@H]1CCCCN1c1nc(N2CCOCC2)c2cccnc2n1. The van der Waals surface area contributed by atoms with Crippen molar-refractivity contribution in [1.82, 2.24) is 15.0 Å². The van der Waals surface area contributed by atoms with Crippen molar-refractivity contribution in [2.75, 3.05) is 42.6 Å². The van der Waals surface area contributed by atoms with Crippen molar-refractivity contribution in [3.05, 3.63) is 18.3 Å². The number of anilines is 2. The zero-order valence-corrected chi connectivity index (χ0v) is 13.6. The van der Waals surface area contributed by atoms with Crippen LogP contribution in [0.5, 0.6) is 0 Å². The summed E-state index contributed by atoms with van der Waals surface area (Å²) in [5.41, 5.74) is 0.789. The highest BCUT2D eigenvalue weighted by atomic mass is 16.5. The van der Waals surface area contributed by atoms with Crippen molar-refractivity contribution < 1.29 is 4.74 Å². The number of rotatable bonds is 2. The number of ether oxygens (including phenoxy) is 1. The molecule has 2 aromatic rings. The Morgan fingerprint density at radius 3 is 2.83 bits per heavy atom. The molecule has 4 rings (SSSR count). The van der Waals surface area contributed by atoms with E-state index in [9.17, 15) is 0 Å². The highest BCUT2D eigenvalue weighted by Crippen LogP contribution is 2.28. The fourth-order valence-corrected chi connectivity index (χ4v) is 3.48. The van der Waals surface area contributed by atoms with E-state index in [2.05, 4.69) is 27.8 Å². The first-order valence-corrected chi connectivity index (χ1v) is 8.55. The summed E-state index contributed by atoms with van der Waals surface area (Å²) in [6.45, 7) is 6.54. The Kier molecular flexibility index (Phi) is 3.99. The molecule has 2 aliphatic rings. The quantitative estimate of drug-likeness (QED) is 0.847. The summed E-state index contributed by atoms with van der Waals surface area (Å²) in [5, 5.41) is 1.03. The van der Waals surface area contributed by atoms with Crippen LogP contribution in [0.4, 0.5) is 11.8 Å². The third-order valence-electron chi connectivity index (χ3n) is 4.81. The summed E-state index contributed by atoms with van der Waals surface area (Å²) >= 11 is 0. The minimum absolute atomic E-state index is 0.488. The molecule has 0 bridgehead atoms. The maximum Gasteiger partial charge on any atom is 0.229 e. The molecule has 0 saturated carbocycles. The zero-order valence-electron chi connectivity index (χ0n) is 13.6. The lowest BCUT2D eigenvalue weighted by Crippen LogP contribution is -2.40. The van der Waals surface area contributed by atoms with Crippen LogP contribution in [0.15, 0.2) is 18.3 Å². The van der Waals surface area contributed by atoms with E-state index >= 15 is 0 Å². The van der Waals surface area contributed by atoms with Crippen LogP contribution in [0.2, 0.25) is 0 Å². The lowest BCUT2D eigenvalue weighted by Gasteiger charge is -2.35. The van der Waals surface area contributed by atoms with E-state index in [1.54, 1.807) is 0 Å². The summed E-state index contributed by atoms with van der Waals surface area (Å²) in [7, 11) is 0. The van der Waals surface area contributed by atoms with Crippen molar-refractivity contribution in [2.24, 2.45) is 0 Å². The third-order valence-corrected chi connectivity index (χ3v) is 4.81. The van der Waals surface area contributed by atoms with E-state index in [1.807, 2.05) is 12.3 Å². The van der Waals surface area contributed by atoms with E-state index in [1.165, 1.54) is 19.3 Å². The second-order valence-corrected chi connectivity index (χ2v) is 6.36. The van der Waals surface area contributed by atoms with E-state index in [0.29, 0.717) is 6.04 Å². The van der Waals surface area contributed by atoms with Gasteiger partial charge >= 0.3 is 0 Å². The minimum Gasteiger partial charge on any atom is -0.378 e. The van der Waals surface area contributed by atoms with Crippen molar-refractivity contribution in [3.63, 3.8) is 0 Å². The molecule has 0 N–H and O–H groups in total. The predicted octanol–water partition coefficient (Wildman–Crippen LogP) is 2.24. The third kappa shape index (κ3) is 2.83. The zero-order chi connectivity index (χ0) is 15.6. The Bertz CT molecular complexity index is 686. The molecular weight excluding hydrogens is 290 g/mol. The maximum absolute atomic E-state index is 5.49. The van der Waals surface area contributed by atoms with Gasteiger partial charge in [-0.1, -0.05) is 0 Å². The van der Waals surface area contributed by atoms with E-state index in [-0.39, 0.29) is 0 Å². The van der Waals surface area contributed by atoms with E-state index in [0.717, 1.165) is 55.6 Å². The van der Waals surface area contributed by atoms with Crippen LogP contribution in [0.3, 0.4) is 0 Å². The molecule has 1 atom stereocenters. The topological polar surface area (TPSA) is 54.4 Å². The monoisotopic (exact) mass is 313 g/mol. The number of nitrogens with zero attached hydrogens (tertiary/aromatic N) is 5. The normalized spacial score (nSPS) is 22.6. The van der Waals surface area contributed by atoms with Crippen molar-refractivity contribution in [2.45, 2.75) is 32.2 Å². The molecular formula is C17H23N5O. The highest BCUT2D eigenvalue weighted by Gasteiger charge is 2.24. The Labute approximate surface area is 136 Å². The lowest BCUT2D eigenvalue weighted by molar-refractivity contribution is 0.122. The first-order chi connectivity index (χ1) is 11.3. The Morgan fingerprint density at radius 1 is 1.13 bits per heavy atom. The largest absolute Gasteiger partial charge is 0.378 e. The van der Waals surface area contributed by atoms with Crippen LogP contribution < -0.4 is 9.80 Å². The van der Waals surface area contributed by atoms with Gasteiger partial charge in [0.15, 0.2) is 5.65 Å². The Balaban J connectivity index is 1.79. The van der Waals surface area contributed by atoms with Gasteiger partial charge in [0.05, 0.1) is 18.6 Å². The second kappa shape index (κ2) is 6.28. The van der Waals surface area contributed by atoms with E-state index < -0.39 is 0 Å². The maximum atomic E-state index is 5.49. The average molecular weight is 313 g/mol. The van der Waals surface area contributed by atoms with E-state index in [4.69, 9.17) is 14.7 Å². The number of hydrogen-bond acceptors (Lipinski definition) is 6. The summed E-state index contributed by atoms with van der Waals surface area (Å²) in [6, 6.07) is 4.51. The first-order valence-electron chi connectivity index (χ1n) is 8.55. The van der Waals surface area contributed by atoms with Gasteiger partial charge in [-0.05, 0) is 38.3 Å². The van der Waals surface area contributed by atoms with Crippen LogP contribution in [0.1, 0.15) is 26.2 Å². The molecule has 0 radical (unpaired) electrons. The molecule has 2 fully saturated rings. The van der Waals surface area contributed by atoms with Crippen molar-refractivity contribution in [3.8, 4) is 0 Å². The standard InChI is InChI=1S/C17H23N5O/c1-13-5-2-3-8-22(13)17-19-15-14(6-4-7-18-15)16(20-17)21-9-11-23-12-10-21/h4,6-7,13H,2-3,5,8-12H2,1H3/t13-/m1/s1. The van der Waals surface area contributed by atoms with Gasteiger partial charge in [-0.3, -0.25) is 0 Å². The molecule has 0 amide bonds. The number of aromatic nitrogens is 3. The van der Waals surface area contributed by atoms with Crippen LogP contribution in [0, 0.1) is 0 Å². The molecule has 23 heavy (non-hydrogen) atoms. The van der Waals surface area contributed by atoms with Crippen molar-refractivity contribution in [1.29, 1.82) is 0 Å². The molecule has 122 valence electrons. The second-order valence-electron chi connectivity index (χ2n) is 6.36. The summed E-state index contributed by atoms with van der Waals surface area (Å²) in [6.07, 6.45) is 5.51. The summed E-state index contributed by atoms with van der Waals surface area (Å²) < 4.78 is 5.49. The van der Waals surface area contributed by atoms with Crippen LogP contribution >= 0.6 is 0 Å². The van der Waals surface area contributed by atoms with Gasteiger partial charge in [0, 0.05) is 31.9 Å². The van der Waals surface area contributed by atoms with Crippen LogP contribution in [0.25, 0.3) is 11.0 Å². The van der Waals surface area contributed by atoms with Crippen molar-refractivity contribution >= 4 is 22.8 Å². The molecule has 2 aromatic heterocycles. The predicted molar refractivity (Wildman–Crippen MR) is 91.0 cm³/mol. The summed E-state index contributed by atoms with van der Waals surface area (Å²) in [5.74, 6) is 1.82.